The molecule has 0 aliphatic heterocycles. The fraction of sp³-hybridized carbons (Fsp3) is 0.286. The summed E-state index contributed by atoms with van der Waals surface area (Å²) in [6.45, 7) is 3.14. The van der Waals surface area contributed by atoms with Crippen molar-refractivity contribution >= 4 is 52.3 Å². The van der Waals surface area contributed by atoms with Crippen LogP contribution in [0.4, 0.5) is 0 Å². The molecular formula is C21H21Cl4NO3. The lowest BCUT2D eigenvalue weighted by molar-refractivity contribution is 0.0951. The molecule has 0 saturated carbocycles. The van der Waals surface area contributed by atoms with E-state index < -0.39 is 0 Å². The van der Waals surface area contributed by atoms with E-state index in [4.69, 9.17) is 55.9 Å². The van der Waals surface area contributed by atoms with Gasteiger partial charge in [0.25, 0.3) is 5.91 Å². The van der Waals surface area contributed by atoms with Crippen LogP contribution in [0.1, 0.15) is 29.3 Å². The molecule has 0 atom stereocenters. The van der Waals surface area contributed by atoms with Gasteiger partial charge in [-0.1, -0.05) is 53.3 Å². The lowest BCUT2D eigenvalue weighted by atomic mass is 10.1. The summed E-state index contributed by atoms with van der Waals surface area (Å²) >= 11 is 23.3. The normalized spacial score (nSPS) is 10.4. The Morgan fingerprint density at radius 2 is 1.83 bits per heavy atom. The lowest BCUT2D eigenvalue weighted by Crippen LogP contribution is -2.25. The van der Waals surface area contributed by atoms with Crippen LogP contribution < -0.4 is 14.8 Å². The van der Waals surface area contributed by atoms with Gasteiger partial charge in [0.2, 0.25) is 0 Å². The molecule has 0 aliphatic carbocycles. The van der Waals surface area contributed by atoms with Crippen molar-refractivity contribution in [3.8, 4) is 11.5 Å². The summed E-state index contributed by atoms with van der Waals surface area (Å²) in [5.41, 5.74) is 1.49. The zero-order valence-corrected chi connectivity index (χ0v) is 18.8. The SMILES string of the molecule is CCc1cc(OCC=C(Cl)Cl)cc(Cl)c1OCCCNC(=O)c1ccc(Cl)cc1. The monoisotopic (exact) mass is 475 g/mol. The molecule has 0 bridgehead atoms. The van der Waals surface area contributed by atoms with Crippen LogP contribution in [-0.4, -0.2) is 25.7 Å². The molecule has 4 nitrogen and oxygen atoms in total. The van der Waals surface area contributed by atoms with Gasteiger partial charge in [0.15, 0.2) is 0 Å². The van der Waals surface area contributed by atoms with E-state index in [0.717, 1.165) is 12.0 Å². The zero-order valence-electron chi connectivity index (χ0n) is 15.8. The molecule has 0 saturated heterocycles. The van der Waals surface area contributed by atoms with Crippen LogP contribution in [0, 0.1) is 0 Å². The first kappa shape index (κ1) is 23.7. The topological polar surface area (TPSA) is 47.6 Å². The minimum atomic E-state index is -0.151. The molecule has 2 aromatic carbocycles. The number of halogens is 4. The molecule has 0 heterocycles. The van der Waals surface area contributed by atoms with Crippen LogP contribution in [-0.2, 0) is 6.42 Å². The van der Waals surface area contributed by atoms with Gasteiger partial charge in [-0.15, -0.1) is 0 Å². The molecule has 0 aliphatic rings. The van der Waals surface area contributed by atoms with E-state index in [1.54, 1.807) is 36.4 Å². The minimum Gasteiger partial charge on any atom is -0.492 e. The van der Waals surface area contributed by atoms with E-state index in [9.17, 15) is 4.79 Å². The first-order chi connectivity index (χ1) is 13.9. The van der Waals surface area contributed by atoms with Crippen molar-refractivity contribution in [2.24, 2.45) is 0 Å². The van der Waals surface area contributed by atoms with Gasteiger partial charge in [0, 0.05) is 23.2 Å². The number of carbonyl (C=O) groups excluding carboxylic acids is 1. The van der Waals surface area contributed by atoms with Gasteiger partial charge in [-0.25, -0.2) is 0 Å². The third-order valence-corrected chi connectivity index (χ3v) is 4.76. The minimum absolute atomic E-state index is 0.148. The molecular weight excluding hydrogens is 456 g/mol. The predicted octanol–water partition coefficient (Wildman–Crippen LogP) is 6.45. The molecule has 2 rings (SSSR count). The van der Waals surface area contributed by atoms with Gasteiger partial charge in [0.1, 0.15) is 22.6 Å². The third kappa shape index (κ3) is 7.98. The van der Waals surface area contributed by atoms with Crippen LogP contribution >= 0.6 is 46.4 Å². The molecule has 0 spiro atoms. The molecule has 2 aromatic rings. The number of carbonyl (C=O) groups is 1. The summed E-state index contributed by atoms with van der Waals surface area (Å²) in [7, 11) is 0. The number of benzene rings is 2. The number of rotatable bonds is 10. The Hall–Kier alpha value is -1.59. The molecule has 1 amide bonds. The van der Waals surface area contributed by atoms with Gasteiger partial charge in [-0.3, -0.25) is 4.79 Å². The second kappa shape index (κ2) is 12.2. The van der Waals surface area contributed by atoms with Gasteiger partial charge in [0.05, 0.1) is 11.6 Å². The number of aryl methyl sites for hydroxylation is 1. The third-order valence-electron chi connectivity index (χ3n) is 3.92. The number of ether oxygens (including phenoxy) is 2. The Bertz CT molecular complexity index is 850. The summed E-state index contributed by atoms with van der Waals surface area (Å²) in [6.07, 6.45) is 2.91. The van der Waals surface area contributed by atoms with Crippen LogP contribution in [0.3, 0.4) is 0 Å². The Balaban J connectivity index is 1.84. The summed E-state index contributed by atoms with van der Waals surface area (Å²) in [5.74, 6) is 1.08. The maximum atomic E-state index is 12.1. The maximum Gasteiger partial charge on any atom is 0.251 e. The molecule has 0 unspecified atom stereocenters. The van der Waals surface area contributed by atoms with E-state index in [0.29, 0.717) is 46.7 Å². The van der Waals surface area contributed by atoms with Crippen molar-refractivity contribution < 1.29 is 14.3 Å². The van der Waals surface area contributed by atoms with Crippen molar-refractivity contribution in [1.82, 2.24) is 5.32 Å². The largest absolute Gasteiger partial charge is 0.492 e. The van der Waals surface area contributed by atoms with E-state index in [1.807, 2.05) is 13.0 Å². The second-order valence-corrected chi connectivity index (χ2v) is 7.87. The van der Waals surface area contributed by atoms with Crippen molar-refractivity contribution in [3.05, 3.63) is 68.1 Å². The zero-order chi connectivity index (χ0) is 21.2. The molecule has 0 fully saturated rings. The predicted molar refractivity (Wildman–Crippen MR) is 120 cm³/mol. The first-order valence-electron chi connectivity index (χ1n) is 9.03. The van der Waals surface area contributed by atoms with Crippen molar-refractivity contribution in [2.75, 3.05) is 19.8 Å². The lowest BCUT2D eigenvalue weighted by Gasteiger charge is -2.15. The Morgan fingerprint density at radius 1 is 1.10 bits per heavy atom. The second-order valence-electron chi connectivity index (χ2n) is 6.02. The highest BCUT2D eigenvalue weighted by Crippen LogP contribution is 2.34. The van der Waals surface area contributed by atoms with Crippen molar-refractivity contribution in [1.29, 1.82) is 0 Å². The summed E-state index contributed by atoms with van der Waals surface area (Å²) in [4.78, 5) is 12.1. The average Bonchev–Trinajstić information content (AvgIpc) is 2.68. The molecule has 0 radical (unpaired) electrons. The summed E-state index contributed by atoms with van der Waals surface area (Å²) in [6, 6.07) is 10.3. The average molecular weight is 477 g/mol. The Labute approximate surface area is 190 Å². The van der Waals surface area contributed by atoms with Gasteiger partial charge in [-0.05, 0) is 54.8 Å². The van der Waals surface area contributed by atoms with Crippen LogP contribution in [0.15, 0.2) is 47.0 Å². The summed E-state index contributed by atoms with van der Waals surface area (Å²) in [5, 5.41) is 3.90. The fourth-order valence-corrected chi connectivity index (χ4v) is 3.02. The van der Waals surface area contributed by atoms with E-state index in [-0.39, 0.29) is 17.0 Å². The maximum absolute atomic E-state index is 12.1. The molecule has 29 heavy (non-hydrogen) atoms. The first-order valence-corrected chi connectivity index (χ1v) is 10.5. The van der Waals surface area contributed by atoms with Gasteiger partial charge in [-0.2, -0.15) is 0 Å². The van der Waals surface area contributed by atoms with Crippen molar-refractivity contribution in [2.45, 2.75) is 19.8 Å². The van der Waals surface area contributed by atoms with Gasteiger partial charge >= 0.3 is 0 Å². The number of nitrogens with one attached hydrogen (secondary N) is 1. The van der Waals surface area contributed by atoms with Crippen LogP contribution in [0.2, 0.25) is 10.0 Å². The Morgan fingerprint density at radius 3 is 2.48 bits per heavy atom. The highest BCUT2D eigenvalue weighted by atomic mass is 35.5. The number of amides is 1. The highest BCUT2D eigenvalue weighted by Gasteiger charge is 2.11. The van der Waals surface area contributed by atoms with Crippen LogP contribution in [0.5, 0.6) is 11.5 Å². The molecule has 156 valence electrons. The number of hydrogen-bond acceptors (Lipinski definition) is 3. The number of hydrogen-bond donors (Lipinski definition) is 1. The molecule has 1 N–H and O–H groups in total. The molecule has 8 heteroatoms. The quantitative estimate of drug-likeness (QED) is 0.400. The standard InChI is InChI=1S/C21H21Cl4NO3/c1-2-14-12-17(28-11-8-19(24)25)13-18(23)20(14)29-10-3-9-26-21(27)15-4-6-16(22)7-5-15/h4-8,12-13H,2-3,9-11H2,1H3,(H,26,27). The van der Waals surface area contributed by atoms with E-state index in [1.165, 1.54) is 0 Å². The van der Waals surface area contributed by atoms with Crippen molar-refractivity contribution in [3.63, 3.8) is 0 Å². The highest BCUT2D eigenvalue weighted by molar-refractivity contribution is 6.55. The Kier molecular flexibility index (Phi) is 9.95. The van der Waals surface area contributed by atoms with Gasteiger partial charge < -0.3 is 14.8 Å². The van der Waals surface area contributed by atoms with Crippen LogP contribution in [0.25, 0.3) is 0 Å². The molecule has 0 aromatic heterocycles. The summed E-state index contributed by atoms with van der Waals surface area (Å²) < 4.78 is 11.6. The van der Waals surface area contributed by atoms with E-state index in [2.05, 4.69) is 5.32 Å². The fourth-order valence-electron chi connectivity index (χ4n) is 2.48. The smallest absolute Gasteiger partial charge is 0.251 e. The van der Waals surface area contributed by atoms with E-state index >= 15 is 0 Å².